The first-order valence-electron chi connectivity index (χ1n) is 6.55. The minimum Gasteiger partial charge on any atom is -0.483 e. The van der Waals surface area contributed by atoms with Crippen LogP contribution < -0.4 is 15.8 Å². The summed E-state index contributed by atoms with van der Waals surface area (Å²) in [5.74, 6) is 2.61. The van der Waals surface area contributed by atoms with E-state index in [-0.39, 0.29) is 23.5 Å². The van der Waals surface area contributed by atoms with E-state index in [4.69, 9.17) is 22.7 Å². The van der Waals surface area contributed by atoms with Crippen molar-refractivity contribution in [3.8, 4) is 5.75 Å². The van der Waals surface area contributed by atoms with Crippen molar-refractivity contribution in [1.82, 2.24) is 5.32 Å². The third-order valence-electron chi connectivity index (χ3n) is 3.04. The number of thiocarbonyl (C=S) groups is 1. The fourth-order valence-corrected chi connectivity index (χ4v) is 3.30. The number of carbonyl (C=O) groups excluding carboxylic acids is 1. The molecule has 6 heteroatoms. The molecule has 1 heterocycles. The number of benzene rings is 1. The van der Waals surface area contributed by atoms with E-state index in [0.29, 0.717) is 11.3 Å². The van der Waals surface area contributed by atoms with Gasteiger partial charge in [-0.15, -0.1) is 0 Å². The molecule has 1 aliphatic heterocycles. The molecule has 0 aromatic heterocycles. The molecule has 3 N–H and O–H groups in total. The van der Waals surface area contributed by atoms with Crippen LogP contribution in [0.25, 0.3) is 0 Å². The fourth-order valence-electron chi connectivity index (χ4n) is 2.06. The Bertz CT molecular complexity index is 488. The second-order valence-corrected chi connectivity index (χ2v) is 6.22. The van der Waals surface area contributed by atoms with Gasteiger partial charge in [0, 0.05) is 11.8 Å². The van der Waals surface area contributed by atoms with Crippen molar-refractivity contribution < 1.29 is 9.53 Å². The zero-order valence-corrected chi connectivity index (χ0v) is 12.8. The van der Waals surface area contributed by atoms with Crippen molar-refractivity contribution in [3.63, 3.8) is 0 Å². The third-order valence-corrected chi connectivity index (χ3v) is 4.47. The summed E-state index contributed by atoms with van der Waals surface area (Å²) in [6, 6.07) is 7.47. The van der Waals surface area contributed by atoms with Gasteiger partial charge in [0.15, 0.2) is 6.61 Å². The fraction of sp³-hybridized carbons (Fsp3) is 0.429. The molecule has 1 atom stereocenters. The molecule has 1 fully saturated rings. The smallest absolute Gasteiger partial charge is 0.258 e. The summed E-state index contributed by atoms with van der Waals surface area (Å²) in [7, 11) is 0. The van der Waals surface area contributed by atoms with Crippen molar-refractivity contribution in [2.45, 2.75) is 18.9 Å². The second kappa shape index (κ2) is 7.50. The van der Waals surface area contributed by atoms with Crippen LogP contribution in [0.1, 0.15) is 18.4 Å². The minimum atomic E-state index is -0.102. The quantitative estimate of drug-likeness (QED) is 0.811. The molecule has 108 valence electrons. The maximum absolute atomic E-state index is 11.9. The Kier molecular flexibility index (Phi) is 5.67. The lowest BCUT2D eigenvalue weighted by atomic mass is 10.2. The predicted octanol–water partition coefficient (Wildman–Crippen LogP) is 1.71. The first kappa shape index (κ1) is 15.1. The molecule has 0 spiro atoms. The van der Waals surface area contributed by atoms with Gasteiger partial charge in [-0.05, 0) is 30.7 Å². The number of carbonyl (C=O) groups is 1. The molecule has 0 saturated carbocycles. The molecule has 1 amide bonds. The molecule has 0 bridgehead atoms. The molecular weight excluding hydrogens is 292 g/mol. The summed E-state index contributed by atoms with van der Waals surface area (Å²) in [4.78, 5) is 12.1. The van der Waals surface area contributed by atoms with Gasteiger partial charge >= 0.3 is 0 Å². The average Bonchev–Trinajstić information content (AvgIpc) is 2.46. The molecular formula is C14H18N2O2S2. The van der Waals surface area contributed by atoms with E-state index in [1.165, 1.54) is 5.75 Å². The van der Waals surface area contributed by atoms with E-state index >= 15 is 0 Å². The normalized spacial score (nSPS) is 18.3. The van der Waals surface area contributed by atoms with Crippen molar-refractivity contribution in [2.24, 2.45) is 5.73 Å². The third kappa shape index (κ3) is 4.38. The zero-order chi connectivity index (χ0) is 14.4. The van der Waals surface area contributed by atoms with Crippen LogP contribution in [0.3, 0.4) is 0 Å². The van der Waals surface area contributed by atoms with Crippen LogP contribution in [-0.4, -0.2) is 35.1 Å². The topological polar surface area (TPSA) is 64.3 Å². The molecule has 1 unspecified atom stereocenters. The molecule has 1 saturated heterocycles. The lowest BCUT2D eigenvalue weighted by molar-refractivity contribution is -0.123. The Morgan fingerprint density at radius 1 is 1.50 bits per heavy atom. The summed E-state index contributed by atoms with van der Waals surface area (Å²) in [6.45, 7) is -0.0131. The highest BCUT2D eigenvalue weighted by atomic mass is 32.2. The van der Waals surface area contributed by atoms with Crippen molar-refractivity contribution in [2.75, 3.05) is 18.1 Å². The maximum atomic E-state index is 11.9. The first-order chi connectivity index (χ1) is 9.66. The highest BCUT2D eigenvalue weighted by Gasteiger charge is 2.16. The van der Waals surface area contributed by atoms with Crippen LogP contribution in [0, 0.1) is 0 Å². The Morgan fingerprint density at radius 2 is 2.30 bits per heavy atom. The van der Waals surface area contributed by atoms with Gasteiger partial charge in [-0.2, -0.15) is 11.8 Å². The highest BCUT2D eigenvalue weighted by molar-refractivity contribution is 7.99. The molecule has 1 aromatic rings. The number of rotatable bonds is 5. The van der Waals surface area contributed by atoms with Crippen molar-refractivity contribution >= 4 is 34.9 Å². The molecule has 2 rings (SSSR count). The molecule has 0 radical (unpaired) electrons. The lowest BCUT2D eigenvalue weighted by Crippen LogP contribution is -2.40. The number of hydrogen-bond donors (Lipinski definition) is 2. The lowest BCUT2D eigenvalue weighted by Gasteiger charge is -2.22. The predicted molar refractivity (Wildman–Crippen MR) is 86.3 cm³/mol. The van der Waals surface area contributed by atoms with E-state index in [0.717, 1.165) is 18.6 Å². The first-order valence-corrected chi connectivity index (χ1v) is 8.12. The summed E-state index contributed by atoms with van der Waals surface area (Å²) >= 11 is 6.83. The van der Waals surface area contributed by atoms with Crippen LogP contribution in [0.2, 0.25) is 0 Å². The molecule has 1 aliphatic rings. The number of ether oxygens (including phenoxy) is 1. The van der Waals surface area contributed by atoms with E-state index in [2.05, 4.69) is 5.32 Å². The van der Waals surface area contributed by atoms with Gasteiger partial charge in [-0.25, -0.2) is 0 Å². The van der Waals surface area contributed by atoms with Crippen molar-refractivity contribution in [1.29, 1.82) is 0 Å². The summed E-state index contributed by atoms with van der Waals surface area (Å²) in [5.41, 5.74) is 6.27. The van der Waals surface area contributed by atoms with Crippen molar-refractivity contribution in [3.05, 3.63) is 29.8 Å². The molecule has 1 aromatic carbocycles. The van der Waals surface area contributed by atoms with Gasteiger partial charge in [0.25, 0.3) is 5.91 Å². The summed E-state index contributed by atoms with van der Waals surface area (Å²) in [6.07, 6.45) is 2.20. The second-order valence-electron chi connectivity index (χ2n) is 4.63. The van der Waals surface area contributed by atoms with E-state index in [1.54, 1.807) is 12.1 Å². The Morgan fingerprint density at radius 3 is 3.00 bits per heavy atom. The summed E-state index contributed by atoms with van der Waals surface area (Å²) < 4.78 is 5.52. The Labute approximate surface area is 128 Å². The number of amides is 1. The number of para-hydroxylation sites is 1. The van der Waals surface area contributed by atoms with Gasteiger partial charge in [-0.3, -0.25) is 4.79 Å². The van der Waals surface area contributed by atoms with E-state index in [1.807, 2.05) is 23.9 Å². The van der Waals surface area contributed by atoms with E-state index < -0.39 is 0 Å². The van der Waals surface area contributed by atoms with E-state index in [9.17, 15) is 4.79 Å². The van der Waals surface area contributed by atoms with Crippen LogP contribution in [0.15, 0.2) is 24.3 Å². The standard InChI is InChI=1S/C14H18N2O2S2/c15-14(19)11-5-1-2-6-12(11)18-8-13(17)16-10-4-3-7-20-9-10/h1-2,5-6,10H,3-4,7-9H2,(H2,15,19)(H,16,17). The monoisotopic (exact) mass is 310 g/mol. The number of hydrogen-bond acceptors (Lipinski definition) is 4. The highest BCUT2D eigenvalue weighted by Crippen LogP contribution is 2.18. The molecule has 0 aliphatic carbocycles. The number of nitrogens with one attached hydrogen (secondary N) is 1. The Hall–Kier alpha value is -1.27. The zero-order valence-electron chi connectivity index (χ0n) is 11.1. The van der Waals surface area contributed by atoms with Gasteiger partial charge in [-0.1, -0.05) is 24.4 Å². The van der Waals surface area contributed by atoms with Gasteiger partial charge in [0.2, 0.25) is 0 Å². The van der Waals surface area contributed by atoms with Gasteiger partial charge < -0.3 is 15.8 Å². The maximum Gasteiger partial charge on any atom is 0.258 e. The number of thioether (sulfide) groups is 1. The minimum absolute atomic E-state index is 0.0131. The summed E-state index contributed by atoms with van der Waals surface area (Å²) in [5, 5.41) is 2.99. The average molecular weight is 310 g/mol. The molecule has 20 heavy (non-hydrogen) atoms. The number of nitrogens with two attached hydrogens (primary N) is 1. The van der Waals surface area contributed by atoms with Crippen LogP contribution in [0.4, 0.5) is 0 Å². The van der Waals surface area contributed by atoms with Gasteiger partial charge in [0.05, 0.1) is 5.56 Å². The molecule has 4 nitrogen and oxygen atoms in total. The van der Waals surface area contributed by atoms with Crippen LogP contribution in [0.5, 0.6) is 5.75 Å². The SMILES string of the molecule is NC(=S)c1ccccc1OCC(=O)NC1CCCSC1. The Balaban J connectivity index is 1.85. The largest absolute Gasteiger partial charge is 0.483 e. The van der Waals surface area contributed by atoms with Crippen LogP contribution in [-0.2, 0) is 4.79 Å². The van der Waals surface area contributed by atoms with Gasteiger partial charge in [0.1, 0.15) is 10.7 Å². The van der Waals surface area contributed by atoms with Crippen LogP contribution >= 0.6 is 24.0 Å².